The molecule has 9 heteroatoms. The van der Waals surface area contributed by atoms with Gasteiger partial charge in [0.05, 0.1) is 6.54 Å². The van der Waals surface area contributed by atoms with Gasteiger partial charge in [0.15, 0.2) is 11.8 Å². The van der Waals surface area contributed by atoms with Crippen LogP contribution in [0.2, 0.25) is 0 Å². The zero-order chi connectivity index (χ0) is 18.0. The van der Waals surface area contributed by atoms with Crippen LogP contribution in [-0.4, -0.2) is 68.4 Å². The van der Waals surface area contributed by atoms with Crippen LogP contribution < -0.4 is 10.6 Å². The Morgan fingerprint density at radius 2 is 2.00 bits per heavy atom. The van der Waals surface area contributed by atoms with Crippen LogP contribution in [0.15, 0.2) is 9.52 Å². The number of rotatable bonds is 9. The van der Waals surface area contributed by atoms with Crippen LogP contribution in [-0.2, 0) is 16.7 Å². The van der Waals surface area contributed by atoms with E-state index in [0.29, 0.717) is 18.3 Å². The second-order valence-corrected chi connectivity index (χ2v) is 6.77. The first-order valence-electron chi connectivity index (χ1n) is 8.32. The van der Waals surface area contributed by atoms with Crippen molar-refractivity contribution < 1.29 is 9.26 Å². The van der Waals surface area contributed by atoms with Crippen molar-refractivity contribution in [3.8, 4) is 0 Å². The Morgan fingerprint density at radius 3 is 2.56 bits per heavy atom. The van der Waals surface area contributed by atoms with E-state index >= 15 is 0 Å². The Hall–Kier alpha value is -0.940. The molecule has 0 atom stereocenters. The monoisotopic (exact) mass is 468 g/mol. The average Bonchev–Trinajstić information content (AvgIpc) is 3.00. The first-order chi connectivity index (χ1) is 11.4. The molecule has 0 aliphatic carbocycles. The molecule has 25 heavy (non-hydrogen) atoms. The van der Waals surface area contributed by atoms with Crippen molar-refractivity contribution in [1.29, 1.82) is 0 Å². The molecule has 0 amide bonds. The third kappa shape index (κ3) is 9.95. The summed E-state index contributed by atoms with van der Waals surface area (Å²) in [5, 5.41) is 10.5. The molecule has 0 aliphatic rings. The molecule has 0 fully saturated rings. The highest BCUT2D eigenvalue weighted by atomic mass is 127. The van der Waals surface area contributed by atoms with Crippen LogP contribution in [0.4, 0.5) is 0 Å². The molecule has 146 valence electrons. The number of hydrogen-bond donors (Lipinski definition) is 2. The lowest BCUT2D eigenvalue weighted by Gasteiger charge is -2.17. The molecule has 1 aromatic rings. The first kappa shape index (κ1) is 24.1. The van der Waals surface area contributed by atoms with Gasteiger partial charge in [-0.2, -0.15) is 4.98 Å². The van der Waals surface area contributed by atoms with Crippen molar-refractivity contribution in [2.24, 2.45) is 4.99 Å². The highest BCUT2D eigenvalue weighted by Crippen LogP contribution is 2.19. The summed E-state index contributed by atoms with van der Waals surface area (Å²) in [5.41, 5.74) is -0.140. The number of likely N-dealkylation sites (N-methyl/N-ethyl adjacent to an activating group) is 1. The van der Waals surface area contributed by atoms with Gasteiger partial charge in [-0.3, -0.25) is 4.99 Å². The minimum atomic E-state index is -0.140. The highest BCUT2D eigenvalue weighted by molar-refractivity contribution is 14.0. The van der Waals surface area contributed by atoms with E-state index in [1.807, 2.05) is 20.8 Å². The van der Waals surface area contributed by atoms with Gasteiger partial charge >= 0.3 is 0 Å². The van der Waals surface area contributed by atoms with Gasteiger partial charge in [0.2, 0.25) is 5.89 Å². The van der Waals surface area contributed by atoms with Crippen LogP contribution in [0.25, 0.3) is 0 Å². The third-order valence-electron chi connectivity index (χ3n) is 3.42. The zero-order valence-corrected chi connectivity index (χ0v) is 18.6. The molecule has 0 saturated heterocycles. The maximum Gasteiger partial charge on any atom is 0.232 e. The highest BCUT2D eigenvalue weighted by Gasteiger charge is 2.21. The number of guanidine groups is 1. The minimum absolute atomic E-state index is 0. The van der Waals surface area contributed by atoms with Crippen molar-refractivity contribution in [2.45, 2.75) is 39.2 Å². The summed E-state index contributed by atoms with van der Waals surface area (Å²) in [6.07, 6.45) is 1.04. The first-order valence-corrected chi connectivity index (χ1v) is 8.32. The quantitative estimate of drug-likeness (QED) is 0.247. The van der Waals surface area contributed by atoms with E-state index in [9.17, 15) is 0 Å². The summed E-state index contributed by atoms with van der Waals surface area (Å²) in [6, 6.07) is 0. The van der Waals surface area contributed by atoms with Crippen molar-refractivity contribution >= 4 is 29.9 Å². The molecular formula is C16H33IN6O2. The largest absolute Gasteiger partial charge is 0.385 e. The molecule has 0 aliphatic heterocycles. The third-order valence-corrected chi connectivity index (χ3v) is 3.42. The van der Waals surface area contributed by atoms with E-state index < -0.39 is 0 Å². The molecule has 0 aromatic carbocycles. The molecule has 1 aromatic heterocycles. The summed E-state index contributed by atoms with van der Waals surface area (Å²) < 4.78 is 10.3. The number of aliphatic imine (C=N–C) groups is 1. The van der Waals surface area contributed by atoms with Gasteiger partial charge in [0.1, 0.15) is 0 Å². The molecule has 0 unspecified atom stereocenters. The number of ether oxygens (including phenoxy) is 1. The summed E-state index contributed by atoms with van der Waals surface area (Å²) in [4.78, 5) is 10.9. The molecule has 0 spiro atoms. The number of aromatic nitrogens is 2. The summed E-state index contributed by atoms with van der Waals surface area (Å²) >= 11 is 0. The van der Waals surface area contributed by atoms with Gasteiger partial charge in [-0.25, -0.2) is 0 Å². The van der Waals surface area contributed by atoms with Gasteiger partial charge in [-0.1, -0.05) is 25.9 Å². The molecule has 1 heterocycles. The Bertz CT molecular complexity index is 501. The SMILES string of the molecule is CN=C(NCCN(C)CCCOC)NCc1noc(C(C)(C)C)n1.I. The van der Waals surface area contributed by atoms with E-state index in [4.69, 9.17) is 9.26 Å². The minimum Gasteiger partial charge on any atom is -0.385 e. The van der Waals surface area contributed by atoms with Crippen LogP contribution in [0.1, 0.15) is 38.9 Å². The fourth-order valence-electron chi connectivity index (χ4n) is 1.97. The van der Waals surface area contributed by atoms with Crippen molar-refractivity contribution in [3.05, 3.63) is 11.7 Å². The number of methoxy groups -OCH3 is 1. The Kier molecular flexibility index (Phi) is 12.0. The fourth-order valence-corrected chi connectivity index (χ4v) is 1.97. The number of hydrogen-bond acceptors (Lipinski definition) is 6. The van der Waals surface area contributed by atoms with E-state index in [1.54, 1.807) is 14.2 Å². The standard InChI is InChI=1S/C16H32N6O2.HI/c1-16(2,3)14-20-13(21-24-14)12-19-15(17-4)18-8-10-22(5)9-7-11-23-6;/h7-12H2,1-6H3,(H2,17,18,19);1H. The van der Waals surface area contributed by atoms with Crippen LogP contribution in [0.5, 0.6) is 0 Å². The second-order valence-electron chi connectivity index (χ2n) is 6.77. The number of nitrogens with zero attached hydrogens (tertiary/aromatic N) is 4. The Labute approximate surface area is 168 Å². The van der Waals surface area contributed by atoms with Crippen LogP contribution in [0.3, 0.4) is 0 Å². The Morgan fingerprint density at radius 1 is 1.28 bits per heavy atom. The lowest BCUT2D eigenvalue weighted by molar-refractivity contribution is 0.180. The molecule has 1 rings (SSSR count). The maximum absolute atomic E-state index is 5.28. The van der Waals surface area contributed by atoms with Gasteiger partial charge in [-0.15, -0.1) is 24.0 Å². The smallest absolute Gasteiger partial charge is 0.232 e. The molecule has 0 bridgehead atoms. The number of halogens is 1. The van der Waals surface area contributed by atoms with Gasteiger partial charge in [-0.05, 0) is 13.5 Å². The van der Waals surface area contributed by atoms with E-state index in [-0.39, 0.29) is 29.4 Å². The normalized spacial score (nSPS) is 12.2. The van der Waals surface area contributed by atoms with E-state index in [1.165, 1.54) is 0 Å². The fraction of sp³-hybridized carbons (Fsp3) is 0.812. The molecule has 0 radical (unpaired) electrons. The van der Waals surface area contributed by atoms with Crippen LogP contribution >= 0.6 is 24.0 Å². The van der Waals surface area contributed by atoms with E-state index in [2.05, 4.69) is 37.7 Å². The second kappa shape index (κ2) is 12.4. The van der Waals surface area contributed by atoms with Crippen LogP contribution in [0, 0.1) is 0 Å². The summed E-state index contributed by atoms with van der Waals surface area (Å²) in [7, 11) is 5.57. The molecule has 0 saturated carbocycles. The predicted molar refractivity (Wildman–Crippen MR) is 111 cm³/mol. The maximum atomic E-state index is 5.28. The van der Waals surface area contributed by atoms with Crippen molar-refractivity contribution in [1.82, 2.24) is 25.7 Å². The lowest BCUT2D eigenvalue weighted by atomic mass is 9.97. The lowest BCUT2D eigenvalue weighted by Crippen LogP contribution is -2.41. The summed E-state index contributed by atoms with van der Waals surface area (Å²) in [6.45, 7) is 10.2. The molecule has 2 N–H and O–H groups in total. The number of nitrogens with one attached hydrogen (secondary N) is 2. The predicted octanol–water partition coefficient (Wildman–Crippen LogP) is 1.62. The van der Waals surface area contributed by atoms with Gasteiger partial charge < -0.3 is 24.8 Å². The molecular weight excluding hydrogens is 435 g/mol. The van der Waals surface area contributed by atoms with Gasteiger partial charge in [0, 0.05) is 45.8 Å². The van der Waals surface area contributed by atoms with E-state index in [0.717, 1.165) is 38.6 Å². The average molecular weight is 468 g/mol. The van der Waals surface area contributed by atoms with Gasteiger partial charge in [0.25, 0.3) is 0 Å². The molecule has 8 nitrogen and oxygen atoms in total. The van der Waals surface area contributed by atoms with Crippen molar-refractivity contribution in [2.75, 3.05) is 47.4 Å². The summed E-state index contributed by atoms with van der Waals surface area (Å²) in [5.74, 6) is 1.99. The van der Waals surface area contributed by atoms with Crippen molar-refractivity contribution in [3.63, 3.8) is 0 Å². The Balaban J connectivity index is 0.00000576. The zero-order valence-electron chi connectivity index (χ0n) is 16.3. The topological polar surface area (TPSA) is 87.8 Å².